The van der Waals surface area contributed by atoms with E-state index in [1.165, 1.54) is 6.33 Å². The number of nitrogens with one attached hydrogen (secondary N) is 1. The van der Waals surface area contributed by atoms with Gasteiger partial charge in [0.2, 0.25) is 0 Å². The van der Waals surface area contributed by atoms with E-state index in [0.29, 0.717) is 17.1 Å². The van der Waals surface area contributed by atoms with Crippen LogP contribution in [0.4, 0.5) is 5.69 Å². The Balaban J connectivity index is 1.91. The summed E-state index contributed by atoms with van der Waals surface area (Å²) in [6, 6.07) is 5.35. The Kier molecular flexibility index (Phi) is 3.86. The fourth-order valence-electron chi connectivity index (χ4n) is 2.54. The van der Waals surface area contributed by atoms with Crippen LogP contribution in [-0.4, -0.2) is 40.7 Å². The van der Waals surface area contributed by atoms with Gasteiger partial charge in [0, 0.05) is 6.04 Å². The van der Waals surface area contributed by atoms with Gasteiger partial charge in [-0.15, -0.1) is 0 Å². The van der Waals surface area contributed by atoms with Gasteiger partial charge in [-0.25, -0.2) is 18.1 Å². The Morgan fingerprint density at radius 3 is 2.95 bits per heavy atom. The molecule has 1 N–H and O–H groups in total. The average Bonchev–Trinajstić information content (AvgIpc) is 2.91. The molecule has 1 aliphatic rings. The van der Waals surface area contributed by atoms with Crippen LogP contribution in [0, 0.1) is 0 Å². The molecule has 1 fully saturated rings. The lowest BCUT2D eigenvalue weighted by atomic mass is 10.1. The molecule has 1 aromatic carbocycles. The van der Waals surface area contributed by atoms with Crippen molar-refractivity contribution < 1.29 is 8.42 Å². The average molecular weight is 327 g/mol. The van der Waals surface area contributed by atoms with Gasteiger partial charge in [0.25, 0.3) is 0 Å². The molecule has 1 saturated heterocycles. The Hall–Kier alpha value is -1.60. The molecule has 6 nitrogen and oxygen atoms in total. The van der Waals surface area contributed by atoms with Crippen LogP contribution in [0.3, 0.4) is 0 Å². The van der Waals surface area contributed by atoms with Crippen molar-refractivity contribution in [2.75, 3.05) is 16.8 Å². The van der Waals surface area contributed by atoms with Crippen molar-refractivity contribution in [1.82, 2.24) is 14.8 Å². The molecule has 1 unspecified atom stereocenters. The predicted molar refractivity (Wildman–Crippen MR) is 81.7 cm³/mol. The van der Waals surface area contributed by atoms with Crippen LogP contribution in [0.1, 0.15) is 12.8 Å². The van der Waals surface area contributed by atoms with E-state index in [-0.39, 0.29) is 17.5 Å². The predicted octanol–water partition coefficient (Wildman–Crippen LogP) is 1.91. The zero-order chi connectivity index (χ0) is 14.9. The number of halogens is 1. The summed E-state index contributed by atoms with van der Waals surface area (Å²) in [5.74, 6) is 0.424. The highest BCUT2D eigenvalue weighted by molar-refractivity contribution is 7.91. The Bertz CT molecular complexity index is 731. The van der Waals surface area contributed by atoms with Crippen molar-refractivity contribution >= 4 is 27.1 Å². The van der Waals surface area contributed by atoms with Crippen LogP contribution in [0.2, 0.25) is 5.02 Å². The molecule has 0 radical (unpaired) electrons. The van der Waals surface area contributed by atoms with Crippen LogP contribution in [-0.2, 0) is 9.84 Å². The third-order valence-electron chi connectivity index (χ3n) is 3.46. The summed E-state index contributed by atoms with van der Waals surface area (Å²) in [6.07, 6.45) is 4.49. The molecule has 112 valence electrons. The molecule has 2 aromatic rings. The summed E-state index contributed by atoms with van der Waals surface area (Å²) in [6.45, 7) is 0. The summed E-state index contributed by atoms with van der Waals surface area (Å²) >= 11 is 6.25. The highest BCUT2D eigenvalue weighted by Gasteiger charge is 2.25. The van der Waals surface area contributed by atoms with Crippen molar-refractivity contribution in [1.29, 1.82) is 0 Å². The Morgan fingerprint density at radius 2 is 2.24 bits per heavy atom. The lowest BCUT2D eigenvalue weighted by Crippen LogP contribution is -2.35. The summed E-state index contributed by atoms with van der Waals surface area (Å²) in [7, 11) is -2.96. The van der Waals surface area contributed by atoms with Crippen molar-refractivity contribution in [3.05, 3.63) is 35.9 Å². The molecule has 1 aromatic heterocycles. The molecule has 3 rings (SSSR count). The van der Waals surface area contributed by atoms with Crippen LogP contribution in [0.25, 0.3) is 5.69 Å². The number of rotatable bonds is 3. The molecule has 0 bridgehead atoms. The van der Waals surface area contributed by atoms with E-state index in [1.807, 2.05) is 12.1 Å². The largest absolute Gasteiger partial charge is 0.379 e. The van der Waals surface area contributed by atoms with E-state index in [2.05, 4.69) is 15.4 Å². The zero-order valence-corrected chi connectivity index (χ0v) is 12.8. The molecule has 1 aliphatic heterocycles. The minimum absolute atomic E-state index is 0.107. The maximum absolute atomic E-state index is 11.7. The quantitative estimate of drug-likeness (QED) is 0.932. The van der Waals surface area contributed by atoms with Gasteiger partial charge in [-0.2, -0.15) is 5.10 Å². The number of hydrogen-bond donors (Lipinski definition) is 1. The molecule has 0 amide bonds. The monoisotopic (exact) mass is 326 g/mol. The minimum atomic E-state index is -2.96. The van der Waals surface area contributed by atoms with Crippen LogP contribution in [0.5, 0.6) is 0 Å². The Labute approximate surface area is 128 Å². The zero-order valence-electron chi connectivity index (χ0n) is 11.2. The third-order valence-corrected chi connectivity index (χ3v) is 5.58. The van der Waals surface area contributed by atoms with E-state index in [9.17, 15) is 8.42 Å². The van der Waals surface area contributed by atoms with Gasteiger partial charge in [0.1, 0.15) is 18.3 Å². The van der Waals surface area contributed by atoms with E-state index < -0.39 is 9.84 Å². The van der Waals surface area contributed by atoms with E-state index in [0.717, 1.165) is 12.1 Å². The van der Waals surface area contributed by atoms with Gasteiger partial charge < -0.3 is 5.32 Å². The topological polar surface area (TPSA) is 76.9 Å². The van der Waals surface area contributed by atoms with E-state index in [4.69, 9.17) is 11.6 Å². The van der Waals surface area contributed by atoms with Gasteiger partial charge >= 0.3 is 0 Å². The summed E-state index contributed by atoms with van der Waals surface area (Å²) < 4.78 is 25.0. The molecular formula is C13H15ClN4O2S. The third kappa shape index (κ3) is 3.19. The Morgan fingerprint density at radius 1 is 1.38 bits per heavy atom. The normalized spacial score (nSPS) is 21.1. The summed E-state index contributed by atoms with van der Waals surface area (Å²) in [4.78, 5) is 3.92. The van der Waals surface area contributed by atoms with Crippen molar-refractivity contribution in [3.63, 3.8) is 0 Å². The van der Waals surface area contributed by atoms with Crippen molar-refractivity contribution in [2.24, 2.45) is 0 Å². The number of hydrogen-bond acceptors (Lipinski definition) is 5. The SMILES string of the molecule is O=S1(=O)CCCC(Nc2cccc(Cl)c2-n2cncn2)C1. The fourth-order valence-corrected chi connectivity index (χ4v) is 4.44. The van der Waals surface area contributed by atoms with Gasteiger partial charge in [0.05, 0.1) is 22.2 Å². The fraction of sp³-hybridized carbons (Fsp3) is 0.385. The highest BCUT2D eigenvalue weighted by Crippen LogP contribution is 2.29. The first kappa shape index (κ1) is 14.3. The highest BCUT2D eigenvalue weighted by atomic mass is 35.5. The van der Waals surface area contributed by atoms with Crippen LogP contribution < -0.4 is 5.32 Å². The molecule has 1 atom stereocenters. The molecule has 8 heteroatoms. The maximum Gasteiger partial charge on any atom is 0.152 e. The second-order valence-corrected chi connectivity index (χ2v) is 7.71. The number of nitrogens with zero attached hydrogens (tertiary/aromatic N) is 3. The first-order chi connectivity index (χ1) is 10.1. The molecule has 0 spiro atoms. The van der Waals surface area contributed by atoms with Crippen molar-refractivity contribution in [2.45, 2.75) is 18.9 Å². The van der Waals surface area contributed by atoms with E-state index >= 15 is 0 Å². The number of sulfone groups is 1. The molecule has 0 saturated carbocycles. The van der Waals surface area contributed by atoms with E-state index in [1.54, 1.807) is 17.1 Å². The number of para-hydroxylation sites is 1. The number of benzene rings is 1. The summed E-state index contributed by atoms with van der Waals surface area (Å²) in [5.41, 5.74) is 1.44. The lowest BCUT2D eigenvalue weighted by Gasteiger charge is -2.25. The van der Waals surface area contributed by atoms with Gasteiger partial charge in [-0.05, 0) is 25.0 Å². The second-order valence-electron chi connectivity index (χ2n) is 5.07. The van der Waals surface area contributed by atoms with Crippen LogP contribution >= 0.6 is 11.6 Å². The summed E-state index contributed by atoms with van der Waals surface area (Å²) in [5, 5.41) is 7.91. The van der Waals surface area contributed by atoms with Gasteiger partial charge in [0.15, 0.2) is 9.84 Å². The standard InChI is InChI=1S/C13H15ClN4O2S/c14-11-4-1-5-12(13(11)18-9-15-8-16-18)17-10-3-2-6-21(19,20)7-10/h1,4-5,8-10,17H,2-3,6-7H2. The first-order valence-corrected chi connectivity index (χ1v) is 8.85. The number of aromatic nitrogens is 3. The number of anilines is 1. The second kappa shape index (κ2) is 5.65. The smallest absolute Gasteiger partial charge is 0.152 e. The molecule has 0 aliphatic carbocycles. The first-order valence-electron chi connectivity index (χ1n) is 6.66. The molecule has 21 heavy (non-hydrogen) atoms. The van der Waals surface area contributed by atoms with Gasteiger partial charge in [-0.3, -0.25) is 0 Å². The molecule has 2 heterocycles. The van der Waals surface area contributed by atoms with Crippen LogP contribution in [0.15, 0.2) is 30.9 Å². The molecular weight excluding hydrogens is 312 g/mol. The van der Waals surface area contributed by atoms with Gasteiger partial charge in [-0.1, -0.05) is 17.7 Å². The van der Waals surface area contributed by atoms with Crippen molar-refractivity contribution in [3.8, 4) is 5.69 Å². The maximum atomic E-state index is 11.7. The lowest BCUT2D eigenvalue weighted by molar-refractivity contribution is 0.562. The minimum Gasteiger partial charge on any atom is -0.379 e.